The Morgan fingerprint density at radius 1 is 1.05 bits per heavy atom. The maximum Gasteiger partial charge on any atom is 0.256 e. The Hall–Kier alpha value is -2.13. The number of carbonyl (C=O) groups is 1. The van der Waals surface area contributed by atoms with Crippen LogP contribution in [0.3, 0.4) is 0 Å². The van der Waals surface area contributed by atoms with Crippen molar-refractivity contribution in [2.75, 3.05) is 11.9 Å². The Morgan fingerprint density at radius 2 is 1.71 bits per heavy atom. The summed E-state index contributed by atoms with van der Waals surface area (Å²) in [5.41, 5.74) is 4.75. The molecule has 3 nitrogen and oxygen atoms in total. The lowest BCUT2D eigenvalue weighted by Crippen LogP contribution is -2.16. The van der Waals surface area contributed by atoms with E-state index < -0.39 is 0 Å². The molecule has 0 fully saturated rings. The SMILES string of the molecule is CCNCc1cccc(NC(=O)c2c(C)cccc2C)c1. The van der Waals surface area contributed by atoms with Gasteiger partial charge in [-0.1, -0.05) is 37.3 Å². The highest BCUT2D eigenvalue weighted by atomic mass is 16.1. The molecule has 0 aliphatic rings. The van der Waals surface area contributed by atoms with Crippen molar-refractivity contribution < 1.29 is 4.79 Å². The molecule has 0 radical (unpaired) electrons. The van der Waals surface area contributed by atoms with Crippen LogP contribution in [0.5, 0.6) is 0 Å². The summed E-state index contributed by atoms with van der Waals surface area (Å²) in [5, 5.41) is 6.27. The molecule has 2 rings (SSSR count). The van der Waals surface area contributed by atoms with E-state index in [1.807, 2.05) is 50.2 Å². The van der Waals surface area contributed by atoms with Crippen molar-refractivity contribution in [2.24, 2.45) is 0 Å². The van der Waals surface area contributed by atoms with Gasteiger partial charge in [0.1, 0.15) is 0 Å². The second-order valence-electron chi connectivity index (χ2n) is 5.20. The van der Waals surface area contributed by atoms with Crippen molar-refractivity contribution >= 4 is 11.6 Å². The molecule has 0 bridgehead atoms. The Bertz CT molecular complexity index is 615. The number of carbonyl (C=O) groups excluding carboxylic acids is 1. The Balaban J connectivity index is 2.16. The molecule has 2 aromatic rings. The van der Waals surface area contributed by atoms with Gasteiger partial charge in [-0.2, -0.15) is 0 Å². The second kappa shape index (κ2) is 7.04. The second-order valence-corrected chi connectivity index (χ2v) is 5.20. The summed E-state index contributed by atoms with van der Waals surface area (Å²) < 4.78 is 0. The monoisotopic (exact) mass is 282 g/mol. The van der Waals surface area contributed by atoms with Gasteiger partial charge in [-0.25, -0.2) is 0 Å². The molecule has 0 atom stereocenters. The van der Waals surface area contributed by atoms with Crippen LogP contribution in [-0.2, 0) is 6.54 Å². The molecule has 0 aliphatic carbocycles. The van der Waals surface area contributed by atoms with E-state index in [0.717, 1.165) is 41.0 Å². The number of rotatable bonds is 5. The third-order valence-corrected chi connectivity index (χ3v) is 3.47. The van der Waals surface area contributed by atoms with Gasteiger partial charge in [0.15, 0.2) is 0 Å². The summed E-state index contributed by atoms with van der Waals surface area (Å²) in [6.45, 7) is 7.74. The molecule has 2 aromatic carbocycles. The molecule has 110 valence electrons. The van der Waals surface area contributed by atoms with Gasteiger partial charge in [-0.05, 0) is 49.2 Å². The third-order valence-electron chi connectivity index (χ3n) is 3.47. The van der Waals surface area contributed by atoms with E-state index in [0.29, 0.717) is 0 Å². The maximum absolute atomic E-state index is 12.5. The maximum atomic E-state index is 12.5. The normalized spacial score (nSPS) is 10.4. The average molecular weight is 282 g/mol. The zero-order valence-electron chi connectivity index (χ0n) is 12.9. The molecule has 3 heteroatoms. The predicted molar refractivity (Wildman–Crippen MR) is 87.7 cm³/mol. The summed E-state index contributed by atoms with van der Waals surface area (Å²) in [4.78, 5) is 12.5. The standard InChI is InChI=1S/C18H22N2O/c1-4-19-12-15-9-6-10-16(11-15)20-18(21)17-13(2)7-5-8-14(17)3/h5-11,19H,4,12H2,1-3H3,(H,20,21). The quantitative estimate of drug-likeness (QED) is 0.878. The third kappa shape index (κ3) is 3.92. The Labute approximate surface area is 126 Å². The van der Waals surface area contributed by atoms with E-state index in [1.165, 1.54) is 0 Å². The van der Waals surface area contributed by atoms with Gasteiger partial charge in [0, 0.05) is 17.8 Å². The highest BCUT2D eigenvalue weighted by Crippen LogP contribution is 2.17. The van der Waals surface area contributed by atoms with Gasteiger partial charge < -0.3 is 10.6 Å². The van der Waals surface area contributed by atoms with Gasteiger partial charge in [0.05, 0.1) is 0 Å². The first-order valence-electron chi connectivity index (χ1n) is 7.29. The zero-order chi connectivity index (χ0) is 15.2. The van der Waals surface area contributed by atoms with Crippen LogP contribution in [0.4, 0.5) is 5.69 Å². The van der Waals surface area contributed by atoms with E-state index in [4.69, 9.17) is 0 Å². The van der Waals surface area contributed by atoms with Crippen LogP contribution in [0.1, 0.15) is 34.0 Å². The first-order chi connectivity index (χ1) is 10.1. The van der Waals surface area contributed by atoms with Gasteiger partial charge in [0.25, 0.3) is 5.91 Å². The Morgan fingerprint density at radius 3 is 2.38 bits per heavy atom. The topological polar surface area (TPSA) is 41.1 Å². The van der Waals surface area contributed by atoms with Crippen LogP contribution in [0, 0.1) is 13.8 Å². The van der Waals surface area contributed by atoms with Crippen LogP contribution in [0.25, 0.3) is 0 Å². The van der Waals surface area contributed by atoms with E-state index in [1.54, 1.807) is 0 Å². The number of amides is 1. The minimum atomic E-state index is -0.0498. The number of anilines is 1. The van der Waals surface area contributed by atoms with E-state index in [-0.39, 0.29) is 5.91 Å². The number of benzene rings is 2. The molecule has 0 saturated heterocycles. The molecule has 0 saturated carbocycles. The molecule has 0 aliphatic heterocycles. The smallest absolute Gasteiger partial charge is 0.256 e. The van der Waals surface area contributed by atoms with Crippen molar-refractivity contribution in [2.45, 2.75) is 27.3 Å². The number of aryl methyl sites for hydroxylation is 2. The summed E-state index contributed by atoms with van der Waals surface area (Å²) in [7, 11) is 0. The molecule has 0 unspecified atom stereocenters. The predicted octanol–water partition coefficient (Wildman–Crippen LogP) is 3.67. The highest BCUT2D eigenvalue weighted by Gasteiger charge is 2.12. The van der Waals surface area contributed by atoms with Gasteiger partial charge in [-0.3, -0.25) is 4.79 Å². The van der Waals surface area contributed by atoms with Gasteiger partial charge >= 0.3 is 0 Å². The van der Waals surface area contributed by atoms with E-state index in [9.17, 15) is 4.79 Å². The number of nitrogens with one attached hydrogen (secondary N) is 2. The van der Waals surface area contributed by atoms with Crippen LogP contribution in [-0.4, -0.2) is 12.5 Å². The lowest BCUT2D eigenvalue weighted by atomic mass is 10.0. The van der Waals surface area contributed by atoms with Crippen LogP contribution in [0.2, 0.25) is 0 Å². The van der Waals surface area contributed by atoms with Crippen molar-refractivity contribution in [1.82, 2.24) is 5.32 Å². The molecular formula is C18H22N2O. The van der Waals surface area contributed by atoms with E-state index >= 15 is 0 Å². The van der Waals surface area contributed by atoms with Gasteiger partial charge in [-0.15, -0.1) is 0 Å². The average Bonchev–Trinajstić information content (AvgIpc) is 2.45. The van der Waals surface area contributed by atoms with Crippen molar-refractivity contribution in [1.29, 1.82) is 0 Å². The number of hydrogen-bond donors (Lipinski definition) is 2. The first kappa shape index (κ1) is 15.3. The zero-order valence-corrected chi connectivity index (χ0v) is 12.9. The largest absolute Gasteiger partial charge is 0.322 e. The minimum absolute atomic E-state index is 0.0498. The molecule has 1 amide bonds. The van der Waals surface area contributed by atoms with Crippen molar-refractivity contribution in [3.63, 3.8) is 0 Å². The van der Waals surface area contributed by atoms with Crippen LogP contribution < -0.4 is 10.6 Å². The molecule has 0 heterocycles. The summed E-state index contributed by atoms with van der Waals surface area (Å²) >= 11 is 0. The fourth-order valence-corrected chi connectivity index (χ4v) is 2.39. The van der Waals surface area contributed by atoms with Gasteiger partial charge in [0.2, 0.25) is 0 Å². The summed E-state index contributed by atoms with van der Waals surface area (Å²) in [6.07, 6.45) is 0. The minimum Gasteiger partial charge on any atom is -0.322 e. The first-order valence-corrected chi connectivity index (χ1v) is 7.29. The van der Waals surface area contributed by atoms with Crippen molar-refractivity contribution in [3.05, 3.63) is 64.7 Å². The molecular weight excluding hydrogens is 260 g/mol. The Kier molecular flexibility index (Phi) is 5.12. The highest BCUT2D eigenvalue weighted by molar-refractivity contribution is 6.06. The summed E-state index contributed by atoms with van der Waals surface area (Å²) in [6, 6.07) is 13.8. The van der Waals surface area contributed by atoms with Crippen molar-refractivity contribution in [3.8, 4) is 0 Å². The lowest BCUT2D eigenvalue weighted by molar-refractivity contribution is 0.102. The van der Waals surface area contributed by atoms with E-state index in [2.05, 4.69) is 23.6 Å². The molecule has 2 N–H and O–H groups in total. The fraction of sp³-hybridized carbons (Fsp3) is 0.278. The summed E-state index contributed by atoms with van der Waals surface area (Å²) in [5.74, 6) is -0.0498. The molecule has 0 spiro atoms. The fourth-order valence-electron chi connectivity index (χ4n) is 2.39. The number of hydrogen-bond acceptors (Lipinski definition) is 2. The van der Waals surface area contributed by atoms with Crippen LogP contribution in [0.15, 0.2) is 42.5 Å². The lowest BCUT2D eigenvalue weighted by Gasteiger charge is -2.11. The molecule has 21 heavy (non-hydrogen) atoms. The molecule has 0 aromatic heterocycles. The van der Waals surface area contributed by atoms with Crippen LogP contribution >= 0.6 is 0 Å².